The predicted molar refractivity (Wildman–Crippen MR) is 119 cm³/mol. The van der Waals surface area contributed by atoms with Gasteiger partial charge in [-0.15, -0.1) is 10.2 Å². The van der Waals surface area contributed by atoms with E-state index in [9.17, 15) is 13.6 Å². The molecule has 5 rings (SSSR count). The third-order valence-electron chi connectivity index (χ3n) is 4.78. The molecule has 0 fully saturated rings. The molecule has 0 aliphatic carbocycles. The van der Waals surface area contributed by atoms with E-state index in [0.29, 0.717) is 16.5 Å². The number of hydrogen-bond acceptors (Lipinski definition) is 5. The van der Waals surface area contributed by atoms with Crippen LogP contribution in [0.25, 0.3) is 28.1 Å². The maximum Gasteiger partial charge on any atom is 0.234 e. The minimum atomic E-state index is -0.834. The summed E-state index contributed by atoms with van der Waals surface area (Å²) in [5.74, 6) is -1.36. The number of thioether (sulfide) groups is 1. The molecule has 0 aliphatic rings. The molecule has 0 spiro atoms. The maximum absolute atomic E-state index is 13.8. The van der Waals surface area contributed by atoms with Gasteiger partial charge < -0.3 is 5.32 Å². The standard InChI is InChI=1S/C23H15F2N5OS/c24-15-10-11-17(16(25)12-15)26-20(31)13-32-23-22-29-28-21(14-6-2-1-3-7-14)30(22)19-9-5-4-8-18(19)27-23/h1-12H,13H2,(H,26,31). The van der Waals surface area contributed by atoms with Crippen LogP contribution in [0.4, 0.5) is 14.5 Å². The molecule has 6 nitrogen and oxygen atoms in total. The van der Waals surface area contributed by atoms with Crippen LogP contribution < -0.4 is 5.32 Å². The highest BCUT2D eigenvalue weighted by Crippen LogP contribution is 2.29. The quantitative estimate of drug-likeness (QED) is 0.386. The second kappa shape index (κ2) is 8.35. The number of anilines is 1. The molecule has 1 N–H and O–H groups in total. The first-order valence-corrected chi connectivity index (χ1v) is 10.7. The fourth-order valence-electron chi connectivity index (χ4n) is 3.34. The molecule has 0 bridgehead atoms. The van der Waals surface area contributed by atoms with E-state index in [2.05, 4.69) is 20.5 Å². The Morgan fingerprint density at radius 3 is 2.56 bits per heavy atom. The van der Waals surface area contributed by atoms with E-state index in [1.165, 1.54) is 17.8 Å². The average Bonchev–Trinajstić information content (AvgIpc) is 3.26. The highest BCUT2D eigenvalue weighted by Gasteiger charge is 2.18. The molecule has 0 radical (unpaired) electrons. The van der Waals surface area contributed by atoms with Gasteiger partial charge in [-0.3, -0.25) is 9.20 Å². The molecule has 0 saturated carbocycles. The predicted octanol–water partition coefficient (Wildman–Crippen LogP) is 4.95. The number of fused-ring (bicyclic) bond motifs is 3. The Balaban J connectivity index is 1.48. The summed E-state index contributed by atoms with van der Waals surface area (Å²) in [6.45, 7) is 0. The zero-order valence-electron chi connectivity index (χ0n) is 16.5. The van der Waals surface area contributed by atoms with Crippen LogP contribution in [0, 0.1) is 11.6 Å². The summed E-state index contributed by atoms with van der Waals surface area (Å²) in [6, 6.07) is 20.3. The number of para-hydroxylation sites is 2. The molecule has 0 atom stereocenters. The van der Waals surface area contributed by atoms with Crippen molar-refractivity contribution in [2.24, 2.45) is 0 Å². The van der Waals surface area contributed by atoms with E-state index in [4.69, 9.17) is 0 Å². The zero-order valence-corrected chi connectivity index (χ0v) is 17.3. The Hall–Kier alpha value is -3.85. The van der Waals surface area contributed by atoms with Gasteiger partial charge in [-0.25, -0.2) is 13.8 Å². The molecule has 5 aromatic rings. The molecule has 1 amide bonds. The number of carbonyl (C=O) groups excluding carboxylic acids is 1. The van der Waals surface area contributed by atoms with Crippen molar-refractivity contribution in [3.63, 3.8) is 0 Å². The molecule has 0 saturated heterocycles. The third-order valence-corrected chi connectivity index (χ3v) is 5.73. The first kappa shape index (κ1) is 20.1. The second-order valence-electron chi connectivity index (χ2n) is 6.92. The summed E-state index contributed by atoms with van der Waals surface area (Å²) in [5.41, 5.74) is 2.91. The lowest BCUT2D eigenvalue weighted by atomic mass is 10.2. The number of benzene rings is 3. The van der Waals surface area contributed by atoms with E-state index >= 15 is 0 Å². The topological polar surface area (TPSA) is 72.2 Å². The van der Waals surface area contributed by atoms with Crippen molar-refractivity contribution in [2.75, 3.05) is 11.1 Å². The number of rotatable bonds is 5. The van der Waals surface area contributed by atoms with E-state index in [1.54, 1.807) is 0 Å². The van der Waals surface area contributed by atoms with E-state index < -0.39 is 17.5 Å². The van der Waals surface area contributed by atoms with Gasteiger partial charge in [0.1, 0.15) is 16.7 Å². The summed E-state index contributed by atoms with van der Waals surface area (Å²) in [5, 5.41) is 11.7. The molecular weight excluding hydrogens is 432 g/mol. The Morgan fingerprint density at radius 2 is 1.75 bits per heavy atom. The summed E-state index contributed by atoms with van der Waals surface area (Å²) in [7, 11) is 0. The minimum absolute atomic E-state index is 0.0364. The fraction of sp³-hybridized carbons (Fsp3) is 0.0435. The number of aromatic nitrogens is 4. The van der Waals surface area contributed by atoms with Crippen molar-refractivity contribution in [3.8, 4) is 11.4 Å². The first-order chi connectivity index (χ1) is 15.6. The second-order valence-corrected chi connectivity index (χ2v) is 7.88. The van der Waals surface area contributed by atoms with Crippen LogP contribution in [0.1, 0.15) is 0 Å². The van der Waals surface area contributed by atoms with E-state index in [1.807, 2.05) is 59.0 Å². The summed E-state index contributed by atoms with van der Waals surface area (Å²) >= 11 is 1.17. The van der Waals surface area contributed by atoms with E-state index in [0.717, 1.165) is 28.7 Å². The van der Waals surface area contributed by atoms with Gasteiger partial charge in [-0.05, 0) is 24.3 Å². The van der Waals surface area contributed by atoms with Gasteiger partial charge in [0.25, 0.3) is 0 Å². The molecule has 2 aromatic heterocycles. The van der Waals surface area contributed by atoms with Crippen molar-refractivity contribution in [3.05, 3.63) is 84.4 Å². The molecule has 32 heavy (non-hydrogen) atoms. The highest BCUT2D eigenvalue weighted by molar-refractivity contribution is 8.00. The average molecular weight is 447 g/mol. The maximum atomic E-state index is 13.8. The van der Waals surface area contributed by atoms with Crippen LogP contribution in [-0.2, 0) is 4.79 Å². The van der Waals surface area contributed by atoms with Crippen molar-refractivity contribution >= 4 is 40.0 Å². The lowest BCUT2D eigenvalue weighted by Gasteiger charge is -2.09. The van der Waals surface area contributed by atoms with Gasteiger partial charge in [0.05, 0.1) is 22.5 Å². The van der Waals surface area contributed by atoms with Crippen LogP contribution in [-0.4, -0.2) is 31.2 Å². The van der Waals surface area contributed by atoms with Crippen LogP contribution >= 0.6 is 11.8 Å². The van der Waals surface area contributed by atoms with Gasteiger partial charge in [0.2, 0.25) is 5.91 Å². The number of nitrogens with zero attached hydrogens (tertiary/aromatic N) is 4. The molecule has 9 heteroatoms. The lowest BCUT2D eigenvalue weighted by Crippen LogP contribution is -2.15. The Bertz CT molecular complexity index is 1460. The van der Waals surface area contributed by atoms with Gasteiger partial charge in [-0.1, -0.05) is 54.2 Å². The van der Waals surface area contributed by atoms with Gasteiger partial charge >= 0.3 is 0 Å². The normalized spacial score (nSPS) is 11.2. The largest absolute Gasteiger partial charge is 0.323 e. The molecule has 0 aliphatic heterocycles. The zero-order chi connectivity index (χ0) is 22.1. The molecule has 158 valence electrons. The number of carbonyl (C=O) groups is 1. The van der Waals surface area contributed by atoms with E-state index in [-0.39, 0.29) is 11.4 Å². The number of nitrogens with one attached hydrogen (secondary N) is 1. The Labute approximate surface area is 185 Å². The third kappa shape index (κ3) is 3.78. The lowest BCUT2D eigenvalue weighted by molar-refractivity contribution is -0.113. The van der Waals surface area contributed by atoms with Crippen molar-refractivity contribution < 1.29 is 13.6 Å². The number of amides is 1. The number of hydrogen-bond donors (Lipinski definition) is 1. The van der Waals surface area contributed by atoms with Gasteiger partial charge in [0.15, 0.2) is 11.5 Å². The van der Waals surface area contributed by atoms with Crippen LogP contribution in [0.3, 0.4) is 0 Å². The Kier molecular flexibility index (Phi) is 5.24. The van der Waals surface area contributed by atoms with Crippen LogP contribution in [0.2, 0.25) is 0 Å². The summed E-state index contributed by atoms with van der Waals surface area (Å²) in [4.78, 5) is 17.0. The van der Waals surface area contributed by atoms with Crippen molar-refractivity contribution in [2.45, 2.75) is 5.03 Å². The minimum Gasteiger partial charge on any atom is -0.323 e. The SMILES string of the molecule is O=C(CSc1nc2ccccc2n2c(-c3ccccc3)nnc12)Nc1ccc(F)cc1F. The smallest absolute Gasteiger partial charge is 0.234 e. The first-order valence-electron chi connectivity index (χ1n) is 9.67. The highest BCUT2D eigenvalue weighted by atomic mass is 32.2. The van der Waals surface area contributed by atoms with Crippen molar-refractivity contribution in [1.29, 1.82) is 0 Å². The molecular formula is C23H15F2N5OS. The van der Waals surface area contributed by atoms with Crippen LogP contribution in [0.5, 0.6) is 0 Å². The van der Waals surface area contributed by atoms with Crippen molar-refractivity contribution in [1.82, 2.24) is 19.6 Å². The van der Waals surface area contributed by atoms with Crippen LogP contribution in [0.15, 0.2) is 77.8 Å². The number of halogens is 2. The van der Waals surface area contributed by atoms with Gasteiger partial charge in [0, 0.05) is 11.6 Å². The summed E-state index contributed by atoms with van der Waals surface area (Å²) in [6.07, 6.45) is 0. The Morgan fingerprint density at radius 1 is 0.969 bits per heavy atom. The molecule has 3 aromatic carbocycles. The monoisotopic (exact) mass is 447 g/mol. The fourth-order valence-corrected chi connectivity index (χ4v) is 4.10. The molecule has 0 unspecified atom stereocenters. The van der Waals surface area contributed by atoms with Gasteiger partial charge in [-0.2, -0.15) is 0 Å². The molecule has 2 heterocycles. The summed E-state index contributed by atoms with van der Waals surface area (Å²) < 4.78 is 28.8.